The molecule has 0 aromatic heterocycles. The Morgan fingerprint density at radius 3 is 2.34 bits per heavy atom. The van der Waals surface area contributed by atoms with Crippen molar-refractivity contribution in [3.63, 3.8) is 0 Å². The van der Waals surface area contributed by atoms with Crippen LogP contribution in [0.4, 0.5) is 4.79 Å². The Balaban J connectivity index is 1.22. The fourth-order valence-electron chi connectivity index (χ4n) is 5.77. The largest absolute Gasteiger partial charge is 0.479 e. The quantitative estimate of drug-likeness (QED) is 0.586. The van der Waals surface area contributed by atoms with Crippen LogP contribution in [0.15, 0.2) is 48.5 Å². The Labute approximate surface area is 204 Å². The fourth-order valence-corrected chi connectivity index (χ4v) is 5.77. The predicted molar refractivity (Wildman–Crippen MR) is 128 cm³/mol. The number of ether oxygens (including phenoxy) is 2. The molecule has 8 nitrogen and oxygen atoms in total. The lowest BCUT2D eigenvalue weighted by atomic mass is 9.83. The van der Waals surface area contributed by atoms with Gasteiger partial charge >= 0.3 is 12.1 Å². The number of nitrogens with one attached hydrogen (secondary N) is 2. The molecule has 2 aromatic carbocycles. The van der Waals surface area contributed by atoms with Crippen LogP contribution in [0.1, 0.15) is 49.7 Å². The van der Waals surface area contributed by atoms with Gasteiger partial charge in [-0.3, -0.25) is 4.79 Å². The van der Waals surface area contributed by atoms with Gasteiger partial charge in [-0.05, 0) is 48.4 Å². The standard InChI is InChI=1S/C27H30N2O6/c1-27(25(32)28-21-12-14-34-23(21)24(30)31)13-6-11-22(27)29-26(33)35-15-20-18-9-4-2-7-16(18)17-8-3-5-10-19(17)20/h2-5,7-10,20-23H,6,11-15H2,1H3,(H,28,32)(H,29,33)(H,30,31). The van der Waals surface area contributed by atoms with Crippen LogP contribution in [0.5, 0.6) is 0 Å². The summed E-state index contributed by atoms with van der Waals surface area (Å²) < 4.78 is 10.9. The van der Waals surface area contributed by atoms with E-state index in [2.05, 4.69) is 34.9 Å². The maximum Gasteiger partial charge on any atom is 0.407 e. The molecule has 1 saturated heterocycles. The first-order chi connectivity index (χ1) is 16.9. The van der Waals surface area contributed by atoms with Crippen LogP contribution in [0.3, 0.4) is 0 Å². The van der Waals surface area contributed by atoms with E-state index in [1.54, 1.807) is 0 Å². The number of hydrogen-bond acceptors (Lipinski definition) is 5. The highest BCUT2D eigenvalue weighted by Crippen LogP contribution is 2.44. The van der Waals surface area contributed by atoms with Gasteiger partial charge in [-0.1, -0.05) is 55.0 Å². The summed E-state index contributed by atoms with van der Waals surface area (Å²) in [6.07, 6.45) is 0.879. The van der Waals surface area contributed by atoms with Gasteiger partial charge in [0.1, 0.15) is 6.61 Å². The summed E-state index contributed by atoms with van der Waals surface area (Å²) in [5, 5.41) is 15.1. The third kappa shape index (κ3) is 4.27. The zero-order chi connectivity index (χ0) is 24.6. The van der Waals surface area contributed by atoms with E-state index < -0.39 is 35.7 Å². The van der Waals surface area contributed by atoms with Crippen molar-refractivity contribution in [2.75, 3.05) is 13.2 Å². The van der Waals surface area contributed by atoms with Crippen molar-refractivity contribution >= 4 is 18.0 Å². The van der Waals surface area contributed by atoms with Crippen molar-refractivity contribution in [2.45, 2.75) is 56.7 Å². The Bertz CT molecular complexity index is 1100. The van der Waals surface area contributed by atoms with E-state index >= 15 is 0 Å². The minimum atomic E-state index is -1.09. The van der Waals surface area contributed by atoms with Gasteiger partial charge in [-0.2, -0.15) is 0 Å². The van der Waals surface area contributed by atoms with E-state index in [1.165, 1.54) is 0 Å². The summed E-state index contributed by atoms with van der Waals surface area (Å²) in [4.78, 5) is 37.4. The Morgan fingerprint density at radius 2 is 1.69 bits per heavy atom. The maximum absolute atomic E-state index is 13.2. The lowest BCUT2D eigenvalue weighted by Gasteiger charge is -2.32. The molecule has 2 fully saturated rings. The van der Waals surface area contributed by atoms with Crippen LogP contribution in [-0.4, -0.2) is 54.5 Å². The second-order valence-corrected chi connectivity index (χ2v) is 9.83. The molecule has 3 N–H and O–H groups in total. The third-order valence-corrected chi connectivity index (χ3v) is 7.76. The average molecular weight is 479 g/mol. The predicted octanol–water partition coefficient (Wildman–Crippen LogP) is 3.44. The number of rotatable bonds is 6. The number of carbonyl (C=O) groups is 3. The van der Waals surface area contributed by atoms with E-state index in [4.69, 9.17) is 9.47 Å². The van der Waals surface area contributed by atoms with Crippen molar-refractivity contribution in [3.05, 3.63) is 59.7 Å². The van der Waals surface area contributed by atoms with Crippen LogP contribution in [0.25, 0.3) is 11.1 Å². The maximum atomic E-state index is 13.2. The molecule has 1 saturated carbocycles. The van der Waals surface area contributed by atoms with Crippen molar-refractivity contribution < 1.29 is 29.0 Å². The summed E-state index contributed by atoms with van der Waals surface area (Å²) in [5.41, 5.74) is 3.74. The first kappa shape index (κ1) is 23.4. The number of hydrogen-bond donors (Lipinski definition) is 3. The number of carboxylic acids is 1. The molecular formula is C27H30N2O6. The van der Waals surface area contributed by atoms with Gasteiger partial charge in [-0.15, -0.1) is 0 Å². The first-order valence-electron chi connectivity index (χ1n) is 12.2. The molecule has 0 radical (unpaired) electrons. The van der Waals surface area contributed by atoms with Gasteiger partial charge in [0, 0.05) is 18.6 Å². The molecule has 3 aliphatic rings. The second-order valence-electron chi connectivity index (χ2n) is 9.83. The number of carbonyl (C=O) groups excluding carboxylic acids is 2. The van der Waals surface area contributed by atoms with E-state index in [0.29, 0.717) is 25.9 Å². The fraction of sp³-hybridized carbons (Fsp3) is 0.444. The lowest BCUT2D eigenvalue weighted by Crippen LogP contribution is -2.55. The Morgan fingerprint density at radius 1 is 1.03 bits per heavy atom. The van der Waals surface area contributed by atoms with Crippen LogP contribution in [-0.2, 0) is 19.1 Å². The second kappa shape index (κ2) is 9.34. The topological polar surface area (TPSA) is 114 Å². The number of alkyl carbamates (subject to hydrolysis) is 1. The van der Waals surface area contributed by atoms with Crippen LogP contribution in [0, 0.1) is 5.41 Å². The summed E-state index contributed by atoms with van der Waals surface area (Å²) in [6.45, 7) is 2.31. The highest BCUT2D eigenvalue weighted by atomic mass is 16.5. The zero-order valence-corrected chi connectivity index (χ0v) is 19.7. The summed E-state index contributed by atoms with van der Waals surface area (Å²) in [6, 6.07) is 15.3. The molecule has 1 aliphatic heterocycles. The molecule has 0 spiro atoms. The van der Waals surface area contributed by atoms with Crippen LogP contribution < -0.4 is 10.6 Å². The van der Waals surface area contributed by atoms with Gasteiger partial charge in [0.15, 0.2) is 6.10 Å². The zero-order valence-electron chi connectivity index (χ0n) is 19.7. The van der Waals surface area contributed by atoms with Gasteiger partial charge in [0.2, 0.25) is 5.91 Å². The van der Waals surface area contributed by atoms with Crippen molar-refractivity contribution in [1.82, 2.24) is 10.6 Å². The van der Waals surface area contributed by atoms with E-state index in [9.17, 15) is 19.5 Å². The molecule has 184 valence electrons. The average Bonchev–Trinajstić information content (AvgIpc) is 3.55. The van der Waals surface area contributed by atoms with Gasteiger partial charge < -0.3 is 25.2 Å². The number of fused-ring (bicyclic) bond motifs is 3. The Kier molecular flexibility index (Phi) is 6.23. The normalized spacial score (nSPS) is 27.2. The molecular weight excluding hydrogens is 448 g/mol. The Hall–Kier alpha value is -3.39. The van der Waals surface area contributed by atoms with Crippen molar-refractivity contribution in [1.29, 1.82) is 0 Å². The van der Waals surface area contributed by atoms with Crippen molar-refractivity contribution in [2.24, 2.45) is 5.41 Å². The summed E-state index contributed by atoms with van der Waals surface area (Å²) >= 11 is 0. The number of benzene rings is 2. The minimum Gasteiger partial charge on any atom is -0.479 e. The van der Waals surface area contributed by atoms with E-state index in [1.807, 2.05) is 31.2 Å². The van der Waals surface area contributed by atoms with Gasteiger partial charge in [0.05, 0.1) is 11.5 Å². The van der Waals surface area contributed by atoms with E-state index in [-0.39, 0.29) is 18.4 Å². The summed E-state index contributed by atoms with van der Waals surface area (Å²) in [7, 11) is 0. The van der Waals surface area contributed by atoms with Crippen molar-refractivity contribution in [3.8, 4) is 11.1 Å². The number of aliphatic carboxylic acids is 1. The molecule has 2 aromatic rings. The highest BCUT2D eigenvalue weighted by Gasteiger charge is 2.48. The molecule has 4 unspecified atom stereocenters. The number of carboxylic acid groups (broad SMARTS) is 1. The molecule has 0 bridgehead atoms. The number of amides is 2. The first-order valence-corrected chi connectivity index (χ1v) is 12.2. The molecule has 2 aliphatic carbocycles. The van der Waals surface area contributed by atoms with Crippen LogP contribution >= 0.6 is 0 Å². The van der Waals surface area contributed by atoms with E-state index in [0.717, 1.165) is 28.7 Å². The highest BCUT2D eigenvalue weighted by molar-refractivity contribution is 5.86. The monoisotopic (exact) mass is 478 g/mol. The molecule has 2 amide bonds. The smallest absolute Gasteiger partial charge is 0.407 e. The molecule has 1 heterocycles. The van der Waals surface area contributed by atoms with Gasteiger partial charge in [-0.25, -0.2) is 9.59 Å². The molecule has 35 heavy (non-hydrogen) atoms. The minimum absolute atomic E-state index is 0.0401. The van der Waals surface area contributed by atoms with Gasteiger partial charge in [0.25, 0.3) is 0 Å². The molecule has 5 rings (SSSR count). The third-order valence-electron chi connectivity index (χ3n) is 7.76. The molecule has 8 heteroatoms. The van der Waals surface area contributed by atoms with Crippen LogP contribution in [0.2, 0.25) is 0 Å². The lowest BCUT2D eigenvalue weighted by molar-refractivity contribution is -0.148. The molecule has 4 atom stereocenters. The SMILES string of the molecule is CC1(C(=O)NC2CCOC2C(=O)O)CCCC1NC(=O)OCC1c2ccccc2-c2ccccc21. The summed E-state index contributed by atoms with van der Waals surface area (Å²) in [5.74, 6) is -1.39.